The monoisotopic (exact) mass is 294 g/mol. The normalized spacial score (nSPS) is 18.4. The number of hydrogen-bond acceptors (Lipinski definition) is 2. The number of anilines is 1. The van der Waals surface area contributed by atoms with Crippen LogP contribution in [0.5, 0.6) is 0 Å². The van der Waals surface area contributed by atoms with E-state index in [9.17, 15) is 9.59 Å². The van der Waals surface area contributed by atoms with Gasteiger partial charge in [-0.1, -0.05) is 24.6 Å². The summed E-state index contributed by atoms with van der Waals surface area (Å²) in [5.41, 5.74) is 1.73. The average molecular weight is 295 g/mol. The van der Waals surface area contributed by atoms with E-state index in [0.717, 1.165) is 17.7 Å². The van der Waals surface area contributed by atoms with Crippen molar-refractivity contribution in [2.45, 2.75) is 26.7 Å². The number of halogens is 1. The third-order valence-electron chi connectivity index (χ3n) is 3.51. The topological polar surface area (TPSA) is 49.4 Å². The Morgan fingerprint density at radius 3 is 2.90 bits per heavy atom. The third-order valence-corrected chi connectivity index (χ3v) is 3.92. The SMILES string of the molecule is CCCNC(=O)C1CC(=O)N(c2ccc(C)c(Cl)c2)C1. The molecule has 108 valence electrons. The molecule has 0 bridgehead atoms. The zero-order valence-electron chi connectivity index (χ0n) is 11.8. The molecular weight excluding hydrogens is 276 g/mol. The highest BCUT2D eigenvalue weighted by Gasteiger charge is 2.34. The van der Waals surface area contributed by atoms with E-state index in [1.54, 1.807) is 11.0 Å². The summed E-state index contributed by atoms with van der Waals surface area (Å²) in [5, 5.41) is 3.48. The minimum Gasteiger partial charge on any atom is -0.356 e. The van der Waals surface area contributed by atoms with Crippen molar-refractivity contribution in [3.05, 3.63) is 28.8 Å². The molecule has 1 fully saturated rings. The largest absolute Gasteiger partial charge is 0.356 e. The van der Waals surface area contributed by atoms with Gasteiger partial charge in [-0.15, -0.1) is 0 Å². The zero-order valence-corrected chi connectivity index (χ0v) is 12.5. The Balaban J connectivity index is 2.09. The zero-order chi connectivity index (χ0) is 14.7. The van der Waals surface area contributed by atoms with Crippen LogP contribution in [0.1, 0.15) is 25.3 Å². The standard InChI is InChI=1S/C15H19ClN2O2/c1-3-6-17-15(20)11-7-14(19)18(9-11)12-5-4-10(2)13(16)8-12/h4-5,8,11H,3,6-7,9H2,1-2H3,(H,17,20). The maximum Gasteiger partial charge on any atom is 0.227 e. The molecule has 2 rings (SSSR count). The molecule has 4 nitrogen and oxygen atoms in total. The van der Waals surface area contributed by atoms with Crippen molar-refractivity contribution in [1.82, 2.24) is 5.32 Å². The molecule has 1 aromatic carbocycles. The van der Waals surface area contributed by atoms with Crippen molar-refractivity contribution < 1.29 is 9.59 Å². The van der Waals surface area contributed by atoms with Gasteiger partial charge in [-0.25, -0.2) is 0 Å². The second-order valence-corrected chi connectivity index (χ2v) is 5.54. The number of aryl methyl sites for hydroxylation is 1. The van der Waals surface area contributed by atoms with Crippen LogP contribution >= 0.6 is 11.6 Å². The number of benzene rings is 1. The lowest BCUT2D eigenvalue weighted by molar-refractivity contribution is -0.126. The predicted molar refractivity (Wildman–Crippen MR) is 79.9 cm³/mol. The molecule has 1 atom stereocenters. The molecule has 20 heavy (non-hydrogen) atoms. The fourth-order valence-corrected chi connectivity index (χ4v) is 2.45. The molecule has 2 amide bonds. The molecule has 1 aliphatic rings. The van der Waals surface area contributed by atoms with E-state index in [-0.39, 0.29) is 24.2 Å². The van der Waals surface area contributed by atoms with E-state index in [2.05, 4.69) is 5.32 Å². The number of nitrogens with zero attached hydrogens (tertiary/aromatic N) is 1. The Labute approximate surface area is 124 Å². The van der Waals surface area contributed by atoms with E-state index < -0.39 is 0 Å². The van der Waals surface area contributed by atoms with Crippen LogP contribution in [-0.2, 0) is 9.59 Å². The van der Waals surface area contributed by atoms with Crippen LogP contribution in [0.15, 0.2) is 18.2 Å². The highest BCUT2D eigenvalue weighted by Crippen LogP contribution is 2.28. The number of hydrogen-bond donors (Lipinski definition) is 1. The molecule has 0 aromatic heterocycles. The Bertz CT molecular complexity index is 531. The van der Waals surface area contributed by atoms with Crippen molar-refractivity contribution in [2.24, 2.45) is 5.92 Å². The molecule has 1 aromatic rings. The Hall–Kier alpha value is -1.55. The van der Waals surface area contributed by atoms with Crippen LogP contribution in [0.25, 0.3) is 0 Å². The van der Waals surface area contributed by atoms with Crippen molar-refractivity contribution in [1.29, 1.82) is 0 Å². The van der Waals surface area contributed by atoms with Crippen molar-refractivity contribution in [2.75, 3.05) is 18.0 Å². The van der Waals surface area contributed by atoms with Crippen LogP contribution in [-0.4, -0.2) is 24.9 Å². The van der Waals surface area contributed by atoms with Crippen molar-refractivity contribution in [3.8, 4) is 0 Å². The van der Waals surface area contributed by atoms with Crippen LogP contribution in [0.3, 0.4) is 0 Å². The van der Waals surface area contributed by atoms with Crippen molar-refractivity contribution in [3.63, 3.8) is 0 Å². The molecule has 1 N–H and O–H groups in total. The van der Waals surface area contributed by atoms with E-state index in [1.165, 1.54) is 0 Å². The van der Waals surface area contributed by atoms with Gasteiger partial charge in [0.25, 0.3) is 0 Å². The summed E-state index contributed by atoms with van der Waals surface area (Å²) >= 11 is 6.09. The summed E-state index contributed by atoms with van der Waals surface area (Å²) in [6.07, 6.45) is 1.16. The van der Waals surface area contributed by atoms with Crippen LogP contribution < -0.4 is 10.2 Å². The molecule has 1 heterocycles. The molecule has 0 spiro atoms. The maximum absolute atomic E-state index is 12.1. The van der Waals surface area contributed by atoms with Crippen LogP contribution in [0.4, 0.5) is 5.69 Å². The first-order chi connectivity index (χ1) is 9.52. The number of carbonyl (C=O) groups excluding carboxylic acids is 2. The van der Waals surface area contributed by atoms with Crippen LogP contribution in [0, 0.1) is 12.8 Å². The summed E-state index contributed by atoms with van der Waals surface area (Å²) in [7, 11) is 0. The Morgan fingerprint density at radius 1 is 1.50 bits per heavy atom. The lowest BCUT2D eigenvalue weighted by Gasteiger charge is -2.17. The van der Waals surface area contributed by atoms with Gasteiger partial charge in [-0.05, 0) is 31.0 Å². The molecule has 1 saturated heterocycles. The van der Waals surface area contributed by atoms with Gasteiger partial charge in [0.1, 0.15) is 0 Å². The Morgan fingerprint density at radius 2 is 2.25 bits per heavy atom. The third kappa shape index (κ3) is 3.12. The Kier molecular flexibility index (Phi) is 4.65. The highest BCUT2D eigenvalue weighted by molar-refractivity contribution is 6.31. The molecular formula is C15H19ClN2O2. The second-order valence-electron chi connectivity index (χ2n) is 5.13. The fourth-order valence-electron chi connectivity index (χ4n) is 2.27. The quantitative estimate of drug-likeness (QED) is 0.928. The van der Waals surface area contributed by atoms with Crippen LogP contribution in [0.2, 0.25) is 5.02 Å². The van der Waals surface area contributed by atoms with E-state index in [0.29, 0.717) is 18.1 Å². The number of rotatable bonds is 4. The lowest BCUT2D eigenvalue weighted by atomic mass is 10.1. The first-order valence-corrected chi connectivity index (χ1v) is 7.25. The summed E-state index contributed by atoms with van der Waals surface area (Å²) in [6.45, 7) is 4.99. The number of carbonyl (C=O) groups is 2. The molecule has 0 aliphatic carbocycles. The maximum atomic E-state index is 12.1. The van der Waals surface area contributed by atoms with Gasteiger partial charge in [0, 0.05) is 30.2 Å². The van der Waals surface area contributed by atoms with Crippen molar-refractivity contribution >= 4 is 29.1 Å². The molecule has 5 heteroatoms. The number of nitrogens with one attached hydrogen (secondary N) is 1. The van der Waals surface area contributed by atoms with Gasteiger partial charge in [-0.3, -0.25) is 9.59 Å². The summed E-state index contributed by atoms with van der Waals surface area (Å²) in [6, 6.07) is 5.53. The van der Waals surface area contributed by atoms with Gasteiger partial charge < -0.3 is 10.2 Å². The van der Waals surface area contributed by atoms with E-state index in [4.69, 9.17) is 11.6 Å². The first kappa shape index (κ1) is 14.9. The molecule has 1 unspecified atom stereocenters. The lowest BCUT2D eigenvalue weighted by Crippen LogP contribution is -2.33. The number of amides is 2. The predicted octanol–water partition coefficient (Wildman–Crippen LogP) is 2.53. The smallest absolute Gasteiger partial charge is 0.227 e. The van der Waals surface area contributed by atoms with Gasteiger partial charge in [0.15, 0.2) is 0 Å². The van der Waals surface area contributed by atoms with E-state index in [1.807, 2.05) is 26.0 Å². The molecule has 1 aliphatic heterocycles. The van der Waals surface area contributed by atoms with Gasteiger partial charge in [0.05, 0.1) is 5.92 Å². The molecule has 0 saturated carbocycles. The molecule has 0 radical (unpaired) electrons. The average Bonchev–Trinajstić information content (AvgIpc) is 2.81. The highest BCUT2D eigenvalue weighted by atomic mass is 35.5. The minimum absolute atomic E-state index is 0.0263. The van der Waals surface area contributed by atoms with Gasteiger partial charge in [0.2, 0.25) is 11.8 Å². The fraction of sp³-hybridized carbons (Fsp3) is 0.467. The summed E-state index contributed by atoms with van der Waals surface area (Å²) < 4.78 is 0. The second kappa shape index (κ2) is 6.27. The van der Waals surface area contributed by atoms with E-state index >= 15 is 0 Å². The van der Waals surface area contributed by atoms with Gasteiger partial charge >= 0.3 is 0 Å². The summed E-state index contributed by atoms with van der Waals surface area (Å²) in [5.74, 6) is -0.336. The summed E-state index contributed by atoms with van der Waals surface area (Å²) in [4.78, 5) is 25.6. The first-order valence-electron chi connectivity index (χ1n) is 6.87. The minimum atomic E-state index is -0.269. The van der Waals surface area contributed by atoms with Gasteiger partial charge in [-0.2, -0.15) is 0 Å².